The third-order valence-electron chi connectivity index (χ3n) is 9.00. The van der Waals surface area contributed by atoms with Crippen LogP contribution in [-0.2, 0) is 28.5 Å². The zero-order valence-corrected chi connectivity index (χ0v) is 30.1. The molecule has 0 aromatic heterocycles. The molecule has 1 atom stereocenters. The zero-order chi connectivity index (χ0) is 35.2. The Bertz CT molecular complexity index is 1510. The lowest BCUT2D eigenvalue weighted by molar-refractivity contribution is -0.136. The fourth-order valence-electron chi connectivity index (χ4n) is 6.25. The summed E-state index contributed by atoms with van der Waals surface area (Å²) < 4.78 is 40.6. The van der Waals surface area contributed by atoms with Gasteiger partial charge in [-0.25, -0.2) is 4.79 Å². The first kappa shape index (κ1) is 37.4. The molecule has 2 aliphatic heterocycles. The SMILES string of the molecule is CCCCOCCOc1ccc(-c2ccc3c(c2)C=C(C(=O)OC)C(c2ccc(OCCOCCCC)cc2)CN3CC2(C)OCCO2)cc1. The van der Waals surface area contributed by atoms with E-state index >= 15 is 0 Å². The van der Waals surface area contributed by atoms with Crippen LogP contribution < -0.4 is 14.4 Å². The molecule has 3 aromatic carbocycles. The van der Waals surface area contributed by atoms with E-state index in [0.29, 0.717) is 58.3 Å². The summed E-state index contributed by atoms with van der Waals surface area (Å²) in [6.45, 7) is 12.0. The molecule has 0 aliphatic carbocycles. The van der Waals surface area contributed by atoms with Crippen molar-refractivity contribution in [2.45, 2.75) is 58.2 Å². The van der Waals surface area contributed by atoms with E-state index in [1.165, 1.54) is 7.11 Å². The number of hydrogen-bond donors (Lipinski definition) is 0. The van der Waals surface area contributed by atoms with Gasteiger partial charge in [0.2, 0.25) is 0 Å². The number of carbonyl (C=O) groups excluding carboxylic acids is 1. The minimum atomic E-state index is -0.774. The predicted molar refractivity (Wildman–Crippen MR) is 196 cm³/mol. The number of nitrogens with zero attached hydrogens (tertiary/aromatic N) is 1. The molecule has 2 aliphatic rings. The number of methoxy groups -OCH3 is 1. The van der Waals surface area contributed by atoms with Gasteiger partial charge in [-0.2, -0.15) is 0 Å². The smallest absolute Gasteiger partial charge is 0.334 e. The number of hydrogen-bond acceptors (Lipinski definition) is 9. The Morgan fingerprint density at radius 2 is 1.36 bits per heavy atom. The monoisotopic (exact) mass is 687 g/mol. The summed E-state index contributed by atoms with van der Waals surface area (Å²) in [6, 6.07) is 22.4. The van der Waals surface area contributed by atoms with Gasteiger partial charge in [0.05, 0.1) is 40.1 Å². The molecule has 1 fully saturated rings. The highest BCUT2D eigenvalue weighted by molar-refractivity contribution is 5.97. The summed E-state index contributed by atoms with van der Waals surface area (Å²) in [6.07, 6.45) is 6.30. The quantitative estimate of drug-likeness (QED) is 0.0931. The highest BCUT2D eigenvalue weighted by Gasteiger charge is 2.37. The van der Waals surface area contributed by atoms with Crippen LogP contribution in [0, 0.1) is 0 Å². The first-order valence-electron chi connectivity index (χ1n) is 18.0. The standard InChI is InChI=1S/C41H53NO8/c1-5-7-19-45-21-23-47-35-14-9-31(10-15-35)33-13-18-39-34(27-33)28-37(40(43)44-4)38(29-42(39)30-41(3)49-25-26-50-41)32-11-16-36(17-12-32)48-24-22-46-20-8-6-2/h9-18,27-28,38H,5-8,19-26,29-30H2,1-4H3. The van der Waals surface area contributed by atoms with Crippen molar-refractivity contribution in [2.75, 3.05) is 78.0 Å². The molecule has 2 heterocycles. The molecule has 50 heavy (non-hydrogen) atoms. The van der Waals surface area contributed by atoms with Crippen LogP contribution in [0.2, 0.25) is 0 Å². The molecule has 0 amide bonds. The van der Waals surface area contributed by atoms with Crippen LogP contribution >= 0.6 is 0 Å². The highest BCUT2D eigenvalue weighted by Crippen LogP contribution is 2.40. The fourth-order valence-corrected chi connectivity index (χ4v) is 6.25. The van der Waals surface area contributed by atoms with Gasteiger partial charge in [-0.15, -0.1) is 0 Å². The van der Waals surface area contributed by atoms with Crippen molar-refractivity contribution in [3.63, 3.8) is 0 Å². The van der Waals surface area contributed by atoms with Crippen LogP contribution in [0.4, 0.5) is 5.69 Å². The molecule has 9 nitrogen and oxygen atoms in total. The lowest BCUT2D eigenvalue weighted by atomic mass is 9.90. The average Bonchev–Trinajstić information content (AvgIpc) is 3.51. The van der Waals surface area contributed by atoms with Gasteiger partial charge in [-0.05, 0) is 84.5 Å². The molecule has 1 saturated heterocycles. The number of carbonyl (C=O) groups is 1. The molecule has 0 radical (unpaired) electrons. The number of ether oxygens (including phenoxy) is 7. The number of rotatable bonds is 19. The molecular weight excluding hydrogens is 634 g/mol. The van der Waals surface area contributed by atoms with Gasteiger partial charge in [0.25, 0.3) is 0 Å². The Morgan fingerprint density at radius 3 is 1.94 bits per heavy atom. The van der Waals surface area contributed by atoms with Crippen LogP contribution in [0.15, 0.2) is 72.3 Å². The number of esters is 1. The number of benzene rings is 3. The summed E-state index contributed by atoms with van der Waals surface area (Å²) in [7, 11) is 1.43. The average molecular weight is 688 g/mol. The lowest BCUT2D eigenvalue weighted by Crippen LogP contribution is -2.43. The van der Waals surface area contributed by atoms with Gasteiger partial charge in [-0.3, -0.25) is 0 Å². The maximum atomic E-state index is 13.5. The molecule has 5 rings (SSSR count). The summed E-state index contributed by atoms with van der Waals surface area (Å²) >= 11 is 0. The Morgan fingerprint density at radius 1 is 0.780 bits per heavy atom. The highest BCUT2D eigenvalue weighted by atomic mass is 16.7. The van der Waals surface area contributed by atoms with Crippen molar-refractivity contribution in [3.05, 3.63) is 83.4 Å². The second-order valence-electron chi connectivity index (χ2n) is 12.9. The van der Waals surface area contributed by atoms with Crippen molar-refractivity contribution in [2.24, 2.45) is 0 Å². The van der Waals surface area contributed by atoms with Gasteiger partial charge in [0.1, 0.15) is 24.7 Å². The molecule has 9 heteroatoms. The van der Waals surface area contributed by atoms with Gasteiger partial charge in [0.15, 0.2) is 5.79 Å². The summed E-state index contributed by atoms with van der Waals surface area (Å²) in [4.78, 5) is 15.7. The first-order chi connectivity index (χ1) is 24.4. The molecule has 3 aromatic rings. The Kier molecular flexibility index (Phi) is 14.1. The van der Waals surface area contributed by atoms with Gasteiger partial charge < -0.3 is 38.1 Å². The van der Waals surface area contributed by atoms with Crippen molar-refractivity contribution >= 4 is 17.7 Å². The Balaban J connectivity index is 1.39. The lowest BCUT2D eigenvalue weighted by Gasteiger charge is -2.35. The van der Waals surface area contributed by atoms with E-state index in [1.807, 2.05) is 49.4 Å². The molecule has 0 spiro atoms. The molecule has 270 valence electrons. The summed E-state index contributed by atoms with van der Waals surface area (Å²) in [5.74, 6) is 0.136. The normalized spacial score (nSPS) is 16.8. The maximum absolute atomic E-state index is 13.5. The van der Waals surface area contributed by atoms with E-state index in [1.54, 1.807) is 0 Å². The number of unbranched alkanes of at least 4 members (excludes halogenated alkanes) is 2. The van der Waals surface area contributed by atoms with Crippen LogP contribution in [0.25, 0.3) is 17.2 Å². The largest absolute Gasteiger partial charge is 0.491 e. The third-order valence-corrected chi connectivity index (χ3v) is 9.00. The van der Waals surface area contributed by atoms with Crippen LogP contribution in [0.3, 0.4) is 0 Å². The number of anilines is 1. The Labute approximate surface area is 297 Å². The minimum Gasteiger partial charge on any atom is -0.491 e. The summed E-state index contributed by atoms with van der Waals surface area (Å²) in [5.41, 5.74) is 5.53. The second-order valence-corrected chi connectivity index (χ2v) is 12.9. The van der Waals surface area contributed by atoms with E-state index < -0.39 is 5.79 Å². The zero-order valence-electron chi connectivity index (χ0n) is 30.1. The van der Waals surface area contributed by atoms with E-state index in [-0.39, 0.29) is 11.9 Å². The van der Waals surface area contributed by atoms with Crippen molar-refractivity contribution < 1.29 is 38.0 Å². The van der Waals surface area contributed by atoms with Gasteiger partial charge in [0, 0.05) is 36.9 Å². The van der Waals surface area contributed by atoms with Crippen LogP contribution in [0.5, 0.6) is 11.5 Å². The maximum Gasteiger partial charge on any atom is 0.334 e. The van der Waals surface area contributed by atoms with Gasteiger partial charge in [-0.1, -0.05) is 57.0 Å². The first-order valence-corrected chi connectivity index (χ1v) is 18.0. The molecule has 0 saturated carbocycles. The molecule has 0 bridgehead atoms. The van der Waals surface area contributed by atoms with E-state index in [2.05, 4.69) is 49.1 Å². The predicted octanol–water partition coefficient (Wildman–Crippen LogP) is 7.67. The molecule has 1 unspecified atom stereocenters. The van der Waals surface area contributed by atoms with Crippen molar-refractivity contribution in [3.8, 4) is 22.6 Å². The van der Waals surface area contributed by atoms with Crippen LogP contribution in [0.1, 0.15) is 63.5 Å². The summed E-state index contributed by atoms with van der Waals surface area (Å²) in [5, 5.41) is 0. The van der Waals surface area contributed by atoms with E-state index in [4.69, 9.17) is 33.2 Å². The van der Waals surface area contributed by atoms with E-state index in [9.17, 15) is 4.79 Å². The fraction of sp³-hybridized carbons (Fsp3) is 0.488. The number of fused-ring (bicyclic) bond motifs is 1. The Hall–Kier alpha value is -3.89. The van der Waals surface area contributed by atoms with E-state index in [0.717, 1.165) is 78.3 Å². The second kappa shape index (κ2) is 18.9. The van der Waals surface area contributed by atoms with Crippen LogP contribution in [-0.4, -0.2) is 84.8 Å². The molecule has 0 N–H and O–H groups in total. The van der Waals surface area contributed by atoms with Gasteiger partial charge >= 0.3 is 5.97 Å². The minimum absolute atomic E-state index is 0.280. The van der Waals surface area contributed by atoms with Crippen molar-refractivity contribution in [1.29, 1.82) is 0 Å². The third kappa shape index (κ3) is 10.3. The molecular formula is C41H53NO8. The topological polar surface area (TPSA) is 84.9 Å². The van der Waals surface area contributed by atoms with Crippen molar-refractivity contribution in [1.82, 2.24) is 0 Å².